The van der Waals surface area contributed by atoms with E-state index in [1.807, 2.05) is 30.0 Å². The Morgan fingerprint density at radius 1 is 1.41 bits per heavy atom. The van der Waals surface area contributed by atoms with Crippen LogP contribution in [-0.4, -0.2) is 31.6 Å². The quantitative estimate of drug-likeness (QED) is 0.425. The lowest BCUT2D eigenvalue weighted by Crippen LogP contribution is -2.04. The fourth-order valence-corrected chi connectivity index (χ4v) is 2.04. The molecule has 0 spiro atoms. The van der Waals surface area contributed by atoms with Gasteiger partial charge in [-0.25, -0.2) is 0 Å². The van der Waals surface area contributed by atoms with E-state index in [0.717, 1.165) is 17.9 Å². The molecule has 4 heteroatoms. The van der Waals surface area contributed by atoms with Gasteiger partial charge < -0.3 is 4.74 Å². The molecule has 0 aromatic heterocycles. The van der Waals surface area contributed by atoms with Crippen LogP contribution in [0.2, 0.25) is 0 Å². The third-order valence-electron chi connectivity index (χ3n) is 2.08. The summed E-state index contributed by atoms with van der Waals surface area (Å²) in [6.07, 6.45) is 2.67. The number of benzene rings is 1. The summed E-state index contributed by atoms with van der Waals surface area (Å²) < 4.78 is 4.48. The lowest BCUT2D eigenvalue weighted by molar-refractivity contribution is -0.138. The van der Waals surface area contributed by atoms with Crippen LogP contribution >= 0.6 is 11.8 Å². The molecule has 1 aromatic rings. The summed E-state index contributed by atoms with van der Waals surface area (Å²) in [6, 6.07) is 10.4. The van der Waals surface area contributed by atoms with Crippen LogP contribution < -0.4 is 0 Å². The van der Waals surface area contributed by atoms with Crippen molar-refractivity contribution >= 4 is 23.9 Å². The van der Waals surface area contributed by atoms with E-state index in [1.165, 1.54) is 12.7 Å². The highest BCUT2D eigenvalue weighted by atomic mass is 32.2. The topological polar surface area (TPSA) is 38.7 Å². The number of carbonyl (C=O) groups is 1. The molecule has 0 aliphatic carbocycles. The molecule has 0 bridgehead atoms. The molecule has 0 saturated carbocycles. The number of carbonyl (C=O) groups excluding carboxylic acids is 1. The predicted molar refractivity (Wildman–Crippen MR) is 72.6 cm³/mol. The standard InChI is InChI=1S/C13H17NO2S/c1-16-13(15)10-14-8-5-9-17-11-12-6-3-2-4-7-12/h2-4,6-8H,5,9-11H2,1H3. The van der Waals surface area contributed by atoms with E-state index in [4.69, 9.17) is 0 Å². The Balaban J connectivity index is 2.03. The second-order valence-electron chi connectivity index (χ2n) is 3.43. The third-order valence-corrected chi connectivity index (χ3v) is 3.14. The molecule has 1 rings (SSSR count). The molecule has 0 atom stereocenters. The van der Waals surface area contributed by atoms with Gasteiger partial charge in [-0.3, -0.25) is 9.79 Å². The molecule has 0 fully saturated rings. The fraction of sp³-hybridized carbons (Fsp3) is 0.385. The van der Waals surface area contributed by atoms with Crippen LogP contribution in [-0.2, 0) is 15.3 Å². The van der Waals surface area contributed by atoms with E-state index in [0.29, 0.717) is 0 Å². The van der Waals surface area contributed by atoms with Crippen molar-refractivity contribution in [2.75, 3.05) is 19.4 Å². The van der Waals surface area contributed by atoms with E-state index in [2.05, 4.69) is 21.9 Å². The first kappa shape index (κ1) is 13.8. The Labute approximate surface area is 106 Å². The number of thioether (sulfide) groups is 1. The van der Waals surface area contributed by atoms with Gasteiger partial charge in [0.15, 0.2) is 0 Å². The lowest BCUT2D eigenvalue weighted by Gasteiger charge is -1.99. The second kappa shape index (κ2) is 8.82. The van der Waals surface area contributed by atoms with Gasteiger partial charge in [-0.2, -0.15) is 11.8 Å². The molecule has 0 saturated heterocycles. The van der Waals surface area contributed by atoms with E-state index in [-0.39, 0.29) is 12.5 Å². The number of hydrogen-bond donors (Lipinski definition) is 0. The fourth-order valence-electron chi connectivity index (χ4n) is 1.20. The Hall–Kier alpha value is -1.29. The Kier molecular flexibility index (Phi) is 7.14. The molecule has 0 heterocycles. The average molecular weight is 251 g/mol. The normalized spacial score (nSPS) is 10.6. The highest BCUT2D eigenvalue weighted by molar-refractivity contribution is 7.98. The van der Waals surface area contributed by atoms with Crippen LogP contribution in [0.1, 0.15) is 12.0 Å². The maximum atomic E-state index is 10.7. The molecule has 17 heavy (non-hydrogen) atoms. The molecule has 92 valence electrons. The van der Waals surface area contributed by atoms with Crippen LogP contribution in [0.3, 0.4) is 0 Å². The number of esters is 1. The molecular weight excluding hydrogens is 234 g/mol. The highest BCUT2D eigenvalue weighted by Gasteiger charge is 1.94. The van der Waals surface area contributed by atoms with Gasteiger partial charge >= 0.3 is 5.97 Å². The lowest BCUT2D eigenvalue weighted by atomic mass is 10.2. The van der Waals surface area contributed by atoms with Crippen LogP contribution in [0.15, 0.2) is 35.3 Å². The molecule has 0 unspecified atom stereocenters. The van der Waals surface area contributed by atoms with Crippen molar-refractivity contribution in [2.45, 2.75) is 12.2 Å². The minimum Gasteiger partial charge on any atom is -0.468 e. The largest absolute Gasteiger partial charge is 0.468 e. The average Bonchev–Trinajstić information content (AvgIpc) is 2.38. The van der Waals surface area contributed by atoms with Gasteiger partial charge in [0, 0.05) is 12.0 Å². The summed E-state index contributed by atoms with van der Waals surface area (Å²) in [5, 5.41) is 0. The summed E-state index contributed by atoms with van der Waals surface area (Å²) >= 11 is 1.86. The molecule has 0 aliphatic heterocycles. The summed E-state index contributed by atoms with van der Waals surface area (Å²) in [7, 11) is 1.37. The SMILES string of the molecule is COC(=O)CN=CCCSCc1ccccc1. The molecule has 0 aliphatic rings. The zero-order chi connectivity index (χ0) is 12.3. The van der Waals surface area contributed by atoms with Crippen LogP contribution in [0.5, 0.6) is 0 Å². The Bertz CT molecular complexity index is 352. The monoisotopic (exact) mass is 251 g/mol. The summed E-state index contributed by atoms with van der Waals surface area (Å²) in [4.78, 5) is 14.7. The number of nitrogens with zero attached hydrogens (tertiary/aromatic N) is 1. The van der Waals surface area contributed by atoms with Crippen molar-refractivity contribution in [3.05, 3.63) is 35.9 Å². The summed E-state index contributed by atoms with van der Waals surface area (Å²) in [5.41, 5.74) is 1.34. The molecule has 1 aromatic carbocycles. The predicted octanol–water partition coefficient (Wildman–Crippen LogP) is 2.55. The number of rotatable bonds is 7. The van der Waals surface area contributed by atoms with E-state index >= 15 is 0 Å². The first-order valence-electron chi connectivity index (χ1n) is 5.49. The first-order chi connectivity index (χ1) is 8.33. The third kappa shape index (κ3) is 6.79. The van der Waals surface area contributed by atoms with E-state index in [1.54, 1.807) is 6.21 Å². The van der Waals surface area contributed by atoms with Crippen molar-refractivity contribution in [1.29, 1.82) is 0 Å². The number of aliphatic imine (C=N–C) groups is 1. The maximum Gasteiger partial charge on any atom is 0.327 e. The second-order valence-corrected chi connectivity index (χ2v) is 4.53. The van der Waals surface area contributed by atoms with Crippen molar-refractivity contribution in [2.24, 2.45) is 4.99 Å². The van der Waals surface area contributed by atoms with Crippen molar-refractivity contribution in [1.82, 2.24) is 0 Å². The molecule has 0 amide bonds. The highest BCUT2D eigenvalue weighted by Crippen LogP contribution is 2.11. The minimum absolute atomic E-state index is 0.125. The van der Waals surface area contributed by atoms with Gasteiger partial charge in [-0.15, -0.1) is 0 Å². The minimum atomic E-state index is -0.293. The van der Waals surface area contributed by atoms with Crippen LogP contribution in [0.4, 0.5) is 0 Å². The molecule has 0 radical (unpaired) electrons. The first-order valence-corrected chi connectivity index (χ1v) is 6.65. The maximum absolute atomic E-state index is 10.7. The van der Waals surface area contributed by atoms with Gasteiger partial charge in [0.05, 0.1) is 7.11 Å². The van der Waals surface area contributed by atoms with Gasteiger partial charge in [-0.1, -0.05) is 30.3 Å². The van der Waals surface area contributed by atoms with E-state index < -0.39 is 0 Å². The van der Waals surface area contributed by atoms with Gasteiger partial charge in [0.25, 0.3) is 0 Å². The van der Waals surface area contributed by atoms with Gasteiger partial charge in [-0.05, 0) is 17.7 Å². The van der Waals surface area contributed by atoms with E-state index in [9.17, 15) is 4.79 Å². The van der Waals surface area contributed by atoms with Gasteiger partial charge in [0.1, 0.15) is 6.54 Å². The van der Waals surface area contributed by atoms with Crippen molar-refractivity contribution in [3.63, 3.8) is 0 Å². The van der Waals surface area contributed by atoms with Crippen LogP contribution in [0, 0.1) is 0 Å². The molecular formula is C13H17NO2S. The zero-order valence-corrected chi connectivity index (χ0v) is 10.8. The molecule has 3 nitrogen and oxygen atoms in total. The number of hydrogen-bond acceptors (Lipinski definition) is 4. The van der Waals surface area contributed by atoms with Crippen molar-refractivity contribution < 1.29 is 9.53 Å². The summed E-state index contributed by atoms with van der Waals surface area (Å²) in [5.74, 6) is 1.74. The molecule has 0 N–H and O–H groups in total. The number of ether oxygens (including phenoxy) is 1. The van der Waals surface area contributed by atoms with Gasteiger partial charge in [0.2, 0.25) is 0 Å². The zero-order valence-electron chi connectivity index (χ0n) is 9.96. The smallest absolute Gasteiger partial charge is 0.327 e. The Morgan fingerprint density at radius 2 is 2.18 bits per heavy atom. The van der Waals surface area contributed by atoms with Crippen LogP contribution in [0.25, 0.3) is 0 Å². The number of methoxy groups -OCH3 is 1. The van der Waals surface area contributed by atoms with Crippen molar-refractivity contribution in [3.8, 4) is 0 Å². The Morgan fingerprint density at radius 3 is 2.88 bits per heavy atom. The summed E-state index contributed by atoms with van der Waals surface area (Å²) in [6.45, 7) is 0.125.